The number of hydrogen-bond donors (Lipinski definition) is 0. The highest BCUT2D eigenvalue weighted by Gasteiger charge is 2.51. The van der Waals surface area contributed by atoms with Crippen LogP contribution in [-0.2, 0) is 23.1 Å². The minimum Gasteiger partial charge on any atom is -0.378 e. The third-order valence-corrected chi connectivity index (χ3v) is 6.29. The van der Waals surface area contributed by atoms with Crippen LogP contribution in [0.5, 0.6) is 0 Å². The molecule has 6 nitrogen and oxygen atoms in total. The van der Waals surface area contributed by atoms with Gasteiger partial charge < -0.3 is 14.2 Å². The van der Waals surface area contributed by atoms with Gasteiger partial charge in [-0.3, -0.25) is 9.69 Å². The molecule has 3 fully saturated rings. The molecule has 1 aliphatic carbocycles. The molecule has 1 spiro atoms. The number of rotatable bonds is 3. The fraction of sp³-hybridized carbons (Fsp3) is 0.778. The number of hydrogen-bond acceptors (Lipinski definition) is 4. The average molecular weight is 332 g/mol. The number of amides is 1. The topological polar surface area (TPSA) is 50.6 Å². The molecule has 2 saturated heterocycles. The summed E-state index contributed by atoms with van der Waals surface area (Å²) in [4.78, 5) is 21.9. The first-order valence-electron chi connectivity index (χ1n) is 9.22. The number of likely N-dealkylation sites (tertiary alicyclic amines) is 1. The van der Waals surface area contributed by atoms with Gasteiger partial charge in [0.25, 0.3) is 0 Å². The number of morpholine rings is 1. The van der Waals surface area contributed by atoms with Crippen molar-refractivity contribution in [2.24, 2.45) is 18.4 Å². The Bertz CT molecular complexity index is 596. The van der Waals surface area contributed by atoms with Crippen LogP contribution in [0.1, 0.15) is 31.4 Å². The molecule has 24 heavy (non-hydrogen) atoms. The number of carbonyl (C=O) groups is 1. The average Bonchev–Trinajstić information content (AvgIpc) is 3.31. The molecule has 2 aliphatic heterocycles. The van der Waals surface area contributed by atoms with E-state index in [1.54, 1.807) is 0 Å². The van der Waals surface area contributed by atoms with E-state index in [0.717, 1.165) is 45.6 Å². The second kappa shape index (κ2) is 6.48. The highest BCUT2D eigenvalue weighted by Crippen LogP contribution is 2.50. The van der Waals surface area contributed by atoms with Crippen molar-refractivity contribution >= 4 is 5.91 Å². The Morgan fingerprint density at radius 3 is 2.92 bits per heavy atom. The Labute approximate surface area is 143 Å². The first-order chi connectivity index (χ1) is 11.7. The maximum atomic E-state index is 13.1. The minimum atomic E-state index is 0.202. The van der Waals surface area contributed by atoms with E-state index in [1.165, 1.54) is 18.5 Å². The Balaban J connectivity index is 1.44. The quantitative estimate of drug-likeness (QED) is 0.836. The second-order valence-corrected chi connectivity index (χ2v) is 7.70. The van der Waals surface area contributed by atoms with Gasteiger partial charge in [0.2, 0.25) is 5.91 Å². The summed E-state index contributed by atoms with van der Waals surface area (Å²) in [6, 6.07) is 0. The SMILES string of the molecule is Cn1cncc1CN1CC[C@@]2(CCC[C@H]2C(=O)N2CCOCC2)C1. The summed E-state index contributed by atoms with van der Waals surface area (Å²) in [6.07, 6.45) is 8.44. The highest BCUT2D eigenvalue weighted by molar-refractivity contribution is 5.80. The zero-order chi connectivity index (χ0) is 16.6. The molecule has 2 atom stereocenters. The molecule has 1 aromatic rings. The van der Waals surface area contributed by atoms with Gasteiger partial charge in [-0.15, -0.1) is 0 Å². The van der Waals surface area contributed by atoms with Crippen molar-refractivity contribution in [3.63, 3.8) is 0 Å². The molecule has 1 saturated carbocycles. The summed E-state index contributed by atoms with van der Waals surface area (Å²) in [5.41, 5.74) is 1.45. The summed E-state index contributed by atoms with van der Waals surface area (Å²) < 4.78 is 7.50. The molecule has 0 aromatic carbocycles. The van der Waals surface area contributed by atoms with Crippen molar-refractivity contribution < 1.29 is 9.53 Å². The maximum Gasteiger partial charge on any atom is 0.226 e. The van der Waals surface area contributed by atoms with E-state index in [0.29, 0.717) is 19.1 Å². The van der Waals surface area contributed by atoms with Crippen molar-refractivity contribution in [2.75, 3.05) is 39.4 Å². The number of imidazole rings is 1. The van der Waals surface area contributed by atoms with Crippen LogP contribution in [0.4, 0.5) is 0 Å². The number of carbonyl (C=O) groups excluding carboxylic acids is 1. The second-order valence-electron chi connectivity index (χ2n) is 7.70. The Kier molecular flexibility index (Phi) is 4.35. The zero-order valence-electron chi connectivity index (χ0n) is 14.6. The van der Waals surface area contributed by atoms with Gasteiger partial charge in [0.05, 0.1) is 25.2 Å². The largest absolute Gasteiger partial charge is 0.378 e. The van der Waals surface area contributed by atoms with E-state index in [-0.39, 0.29) is 11.3 Å². The lowest BCUT2D eigenvalue weighted by molar-refractivity contribution is -0.143. The first kappa shape index (κ1) is 16.1. The van der Waals surface area contributed by atoms with Crippen LogP contribution in [0, 0.1) is 11.3 Å². The fourth-order valence-corrected chi connectivity index (χ4v) is 4.90. The van der Waals surface area contributed by atoms with Gasteiger partial charge in [-0.2, -0.15) is 0 Å². The standard InChI is InChI=1S/C18H28N4O2/c1-20-14-19-11-15(20)12-21-6-5-18(13-21)4-2-3-16(18)17(23)22-7-9-24-10-8-22/h11,14,16H,2-10,12-13H2,1H3/t16-,18-/m0/s1. The maximum absolute atomic E-state index is 13.1. The number of aryl methyl sites for hydroxylation is 1. The van der Waals surface area contributed by atoms with E-state index in [9.17, 15) is 4.79 Å². The van der Waals surface area contributed by atoms with Gasteiger partial charge in [-0.1, -0.05) is 6.42 Å². The van der Waals surface area contributed by atoms with Gasteiger partial charge in [-0.25, -0.2) is 4.98 Å². The van der Waals surface area contributed by atoms with Crippen LogP contribution < -0.4 is 0 Å². The fourth-order valence-electron chi connectivity index (χ4n) is 4.90. The van der Waals surface area contributed by atoms with E-state index in [1.807, 2.05) is 17.4 Å². The van der Waals surface area contributed by atoms with Gasteiger partial charge in [0.15, 0.2) is 0 Å². The molecule has 6 heteroatoms. The highest BCUT2D eigenvalue weighted by atomic mass is 16.5. The predicted octanol–water partition coefficient (Wildman–Crippen LogP) is 1.27. The number of ether oxygens (including phenoxy) is 1. The molecule has 4 rings (SSSR count). The van der Waals surface area contributed by atoms with Crippen LogP contribution in [-0.4, -0.2) is 64.7 Å². The van der Waals surface area contributed by atoms with Crippen LogP contribution in [0.15, 0.2) is 12.5 Å². The molecule has 132 valence electrons. The Morgan fingerprint density at radius 1 is 1.33 bits per heavy atom. The lowest BCUT2D eigenvalue weighted by Gasteiger charge is -2.36. The molecule has 0 radical (unpaired) electrons. The number of nitrogens with zero attached hydrogens (tertiary/aromatic N) is 4. The van der Waals surface area contributed by atoms with Crippen molar-refractivity contribution in [3.8, 4) is 0 Å². The summed E-state index contributed by atoms with van der Waals surface area (Å²) in [5.74, 6) is 0.602. The Morgan fingerprint density at radius 2 is 2.17 bits per heavy atom. The molecule has 1 amide bonds. The van der Waals surface area contributed by atoms with E-state index >= 15 is 0 Å². The van der Waals surface area contributed by atoms with Gasteiger partial charge in [0, 0.05) is 45.3 Å². The molecule has 0 unspecified atom stereocenters. The van der Waals surface area contributed by atoms with Crippen molar-refractivity contribution in [1.82, 2.24) is 19.4 Å². The molecular weight excluding hydrogens is 304 g/mol. The van der Waals surface area contributed by atoms with Crippen LogP contribution in [0.25, 0.3) is 0 Å². The molecular formula is C18H28N4O2. The van der Waals surface area contributed by atoms with Gasteiger partial charge in [0.1, 0.15) is 0 Å². The van der Waals surface area contributed by atoms with E-state index in [4.69, 9.17) is 4.74 Å². The van der Waals surface area contributed by atoms with E-state index < -0.39 is 0 Å². The lowest BCUT2D eigenvalue weighted by Crippen LogP contribution is -2.47. The van der Waals surface area contributed by atoms with Crippen molar-refractivity contribution in [1.29, 1.82) is 0 Å². The van der Waals surface area contributed by atoms with Crippen molar-refractivity contribution in [2.45, 2.75) is 32.2 Å². The molecule has 0 bridgehead atoms. The van der Waals surface area contributed by atoms with E-state index in [2.05, 4.69) is 21.5 Å². The molecule has 3 aliphatic rings. The summed E-state index contributed by atoms with van der Waals surface area (Å²) >= 11 is 0. The number of aromatic nitrogens is 2. The summed E-state index contributed by atoms with van der Waals surface area (Å²) in [7, 11) is 2.05. The molecule has 0 N–H and O–H groups in total. The van der Waals surface area contributed by atoms with Crippen molar-refractivity contribution in [3.05, 3.63) is 18.2 Å². The lowest BCUT2D eigenvalue weighted by atomic mass is 9.76. The van der Waals surface area contributed by atoms with Crippen LogP contribution in [0.2, 0.25) is 0 Å². The smallest absolute Gasteiger partial charge is 0.226 e. The molecule has 1 aromatic heterocycles. The van der Waals surface area contributed by atoms with Gasteiger partial charge in [-0.05, 0) is 31.2 Å². The molecule has 3 heterocycles. The van der Waals surface area contributed by atoms with Crippen LogP contribution in [0.3, 0.4) is 0 Å². The monoisotopic (exact) mass is 332 g/mol. The Hall–Kier alpha value is -1.40. The summed E-state index contributed by atoms with van der Waals surface area (Å²) in [6.45, 7) is 6.01. The predicted molar refractivity (Wildman–Crippen MR) is 90.3 cm³/mol. The minimum absolute atomic E-state index is 0.202. The summed E-state index contributed by atoms with van der Waals surface area (Å²) in [5, 5.41) is 0. The third-order valence-electron chi connectivity index (χ3n) is 6.29. The third kappa shape index (κ3) is 2.86. The first-order valence-corrected chi connectivity index (χ1v) is 9.22. The van der Waals surface area contributed by atoms with Crippen LogP contribution >= 0.6 is 0 Å². The zero-order valence-corrected chi connectivity index (χ0v) is 14.6. The van der Waals surface area contributed by atoms with Gasteiger partial charge >= 0.3 is 0 Å². The normalized spacial score (nSPS) is 31.2.